The van der Waals surface area contributed by atoms with Crippen LogP contribution in [0.3, 0.4) is 0 Å². The van der Waals surface area contributed by atoms with E-state index < -0.39 is 49.7 Å². The van der Waals surface area contributed by atoms with Gasteiger partial charge in [-0.15, -0.1) is 82.6 Å². The van der Waals surface area contributed by atoms with Crippen LogP contribution in [-0.4, -0.2) is 136 Å². The van der Waals surface area contributed by atoms with Gasteiger partial charge in [0.25, 0.3) is 17.6 Å². The number of halogens is 21. The van der Waals surface area contributed by atoms with Crippen LogP contribution in [0.25, 0.3) is 0 Å². The lowest BCUT2D eigenvalue weighted by atomic mass is 10.2. The van der Waals surface area contributed by atoms with Crippen molar-refractivity contribution in [3.8, 4) is 110 Å². The monoisotopic (exact) mass is 2140 g/mol. The van der Waals surface area contributed by atoms with Gasteiger partial charge in [-0.1, -0.05) is 157 Å². The molecule has 0 fully saturated rings. The average Bonchev–Trinajstić information content (AvgIpc) is 1.65. The van der Waals surface area contributed by atoms with Crippen LogP contribution in [0.2, 0.25) is 25.1 Å². The van der Waals surface area contributed by atoms with Crippen molar-refractivity contribution in [3.05, 3.63) is 312 Å². The molecule has 31 nitrogen and oxygen atoms in total. The highest BCUT2D eigenvalue weighted by Gasteiger charge is 2.35. The molecule has 0 saturated carbocycles. The van der Waals surface area contributed by atoms with E-state index in [0.717, 1.165) is 23.3 Å². The van der Waals surface area contributed by atoms with Gasteiger partial charge in [-0.25, -0.2) is 29.3 Å². The van der Waals surface area contributed by atoms with Crippen molar-refractivity contribution in [2.45, 2.75) is 84.5 Å². The van der Waals surface area contributed by atoms with Crippen LogP contribution in [0.15, 0.2) is 237 Å². The first kappa shape index (κ1) is 111. The molecular formula is C91H70Cl6F15N9O22. The number of carboxylic acid groups (broad SMARTS) is 1. The molecule has 11 aromatic carbocycles. The van der Waals surface area contributed by atoms with E-state index in [1.807, 2.05) is 12.1 Å². The third kappa shape index (κ3) is 38.7. The second-order valence-corrected chi connectivity index (χ2v) is 29.9. The molecule has 758 valence electrons. The van der Waals surface area contributed by atoms with Gasteiger partial charge in [0.2, 0.25) is 17.1 Å². The van der Waals surface area contributed by atoms with Gasteiger partial charge in [-0.3, -0.25) is 0 Å². The molecule has 0 aliphatic heterocycles. The predicted octanol–water partition coefficient (Wildman–Crippen LogP) is 25.4. The Hall–Kier alpha value is -15.3. The molecule has 14 aromatic rings. The van der Waals surface area contributed by atoms with Crippen molar-refractivity contribution in [1.82, 2.24) is 45.8 Å². The number of rotatable bonds is 32. The average molecular weight is 2140 g/mol. The van der Waals surface area contributed by atoms with E-state index in [1.165, 1.54) is 199 Å². The first-order valence-electron chi connectivity index (χ1n) is 40.0. The molecule has 52 heteroatoms. The van der Waals surface area contributed by atoms with Crippen molar-refractivity contribution in [1.29, 1.82) is 0 Å². The smallest absolute Gasteiger partial charge is 0.508 e. The van der Waals surface area contributed by atoms with Crippen LogP contribution < -0.4 is 61.6 Å². The number of phenols is 3. The number of carbonyl (C=O) groups excluding carboxylic acids is 2. The third-order valence-corrected chi connectivity index (χ3v) is 19.0. The summed E-state index contributed by atoms with van der Waals surface area (Å²) in [6.07, 6.45) is -23.7. The number of aromatic carboxylic acids is 1. The van der Waals surface area contributed by atoms with Crippen molar-refractivity contribution in [2.24, 2.45) is 0 Å². The summed E-state index contributed by atoms with van der Waals surface area (Å²) < 4.78 is 256. The van der Waals surface area contributed by atoms with Crippen LogP contribution >= 0.6 is 69.6 Å². The van der Waals surface area contributed by atoms with Crippen molar-refractivity contribution in [2.75, 3.05) is 20.3 Å². The molecule has 0 aliphatic carbocycles. The van der Waals surface area contributed by atoms with Crippen LogP contribution in [0.1, 0.15) is 78.7 Å². The van der Waals surface area contributed by atoms with Gasteiger partial charge in [0.1, 0.15) is 118 Å². The van der Waals surface area contributed by atoms with Crippen LogP contribution in [0.5, 0.6) is 110 Å². The number of ether oxygens (including phenoxy) is 15. The highest BCUT2D eigenvalue weighted by atomic mass is 35.5. The number of aromatic amines is 2. The number of nitrogens with zero attached hydrogens (tertiary/aromatic N) is 7. The minimum absolute atomic E-state index is 0.000191. The molecule has 6 N–H and O–H groups in total. The normalized spacial score (nSPS) is 11.1. The van der Waals surface area contributed by atoms with Gasteiger partial charge < -0.3 is 91.5 Å². The Morgan fingerprint density at radius 3 is 0.993 bits per heavy atom. The summed E-state index contributed by atoms with van der Waals surface area (Å²) in [5.74, 6) is -1.99. The van der Waals surface area contributed by atoms with E-state index in [4.69, 9.17) is 132 Å². The van der Waals surface area contributed by atoms with Gasteiger partial charge in [0, 0.05) is 36.2 Å². The fourth-order valence-corrected chi connectivity index (χ4v) is 11.8. The molecule has 3 aromatic heterocycles. The summed E-state index contributed by atoms with van der Waals surface area (Å²) in [5, 5.41) is 64.0. The highest BCUT2D eigenvalue weighted by molar-refractivity contribution is 6.33. The summed E-state index contributed by atoms with van der Waals surface area (Å²) in [5.41, 5.74) is 3.43. The first-order valence-corrected chi connectivity index (χ1v) is 42.4. The first-order chi connectivity index (χ1) is 67.6. The van der Waals surface area contributed by atoms with Gasteiger partial charge in [-0.2, -0.15) is 0 Å². The number of carbonyl (C=O) groups is 3. The lowest BCUT2D eigenvalue weighted by molar-refractivity contribution is -0.275. The number of H-pyrrole nitrogens is 2. The summed E-state index contributed by atoms with van der Waals surface area (Å²) in [4.78, 5) is 35.4. The molecule has 14 rings (SSSR count). The van der Waals surface area contributed by atoms with Gasteiger partial charge in [0.15, 0.2) is 0 Å². The van der Waals surface area contributed by atoms with E-state index in [-0.39, 0.29) is 193 Å². The van der Waals surface area contributed by atoms with Crippen molar-refractivity contribution >= 4 is 87.5 Å². The molecule has 3 heterocycles. The van der Waals surface area contributed by atoms with Crippen molar-refractivity contribution in [3.63, 3.8) is 0 Å². The van der Waals surface area contributed by atoms with E-state index >= 15 is 0 Å². The molecule has 0 radical (unpaired) electrons. The summed E-state index contributed by atoms with van der Waals surface area (Å²) in [6.45, 7) is 3.97. The van der Waals surface area contributed by atoms with E-state index in [1.54, 1.807) is 39.2 Å². The zero-order valence-electron chi connectivity index (χ0n) is 72.9. The number of esters is 2. The maximum absolute atomic E-state index is 12.5. The quantitative estimate of drug-likeness (QED) is 0.0130. The highest BCUT2D eigenvalue weighted by Crippen LogP contribution is 2.40. The number of aromatic hydroxyl groups is 3. The largest absolute Gasteiger partial charge is 0.573 e. The van der Waals surface area contributed by atoms with Crippen LogP contribution in [-0.2, 0) is 48.3 Å². The standard InChI is InChI=1S/C27H23ClF3N3O6.C19H15ClF3N3O5.C17H11ClF3N3O5.C14H10ClF3O3.C8H6ClF3O.C6H5ClO2/c1-3-37-26(35)24-25(34(33-32-24)15-17-4-8-19(36-2)9-5-17)39-21-12-13-22(28)23(14-21)38-16-18-6-10-20(11-7-18)40-27(29,30)31;1-2-28-18(27)16-17(25-26-24-16)30-13-7-8-14(20)15(9-13)29-10-11-3-5-12(6-4-11)31-19(21,22)23;18-12-6-5-11(28-15-14(16(25)26)22-24-23-15)7-13(12)27-8-9-1-3-10(4-2-9)29-17(19,20)21;15-12-6-3-10(19)7-13(12)20-8-9-1-4-11(5-2-9)21-14(16,17)18;9-5-6-1-3-7(4-2-6)13-8(10,11)12;7-5-2-1-4(8)3-6(5)9/h4-14H,3,15-16H2,1-2H3;3-9H,2,10H2,1H3,(H,24,25,26);1-7H,8H2,(H,25,26)(H,22,23,24);1-7,19H,8H2;1-4H,5H2;1-3,8-9H. The second kappa shape index (κ2) is 52.3. The molecule has 0 aliphatic rings. The number of aromatic nitrogens is 9. The van der Waals surface area contributed by atoms with Crippen LogP contribution in [0, 0.1) is 0 Å². The number of phenolic OH excluding ortho intramolecular Hbond substituents is 3. The fraction of sp³-hybridized carbons (Fsp3) is 0.176. The Morgan fingerprint density at radius 2 is 0.657 bits per heavy atom. The molecule has 0 bridgehead atoms. The SMILES string of the molecule is CCOC(=O)c1[nH]nnc1Oc1ccc(Cl)c(OCc2ccc(OC(F)(F)F)cc2)c1.CCOC(=O)c1nnn(Cc2ccc(OC)cc2)c1Oc1ccc(Cl)c(OCc2ccc(OC(F)(F)F)cc2)c1.FC(F)(F)Oc1ccc(CCl)cc1.O=C(O)c1[nH]nnc1Oc1ccc(Cl)c(OCc2ccc(OC(F)(F)F)cc2)c1.Oc1ccc(Cl)c(O)c1.Oc1ccc(Cl)c(OCc2ccc(OC(F)(F)F)cc2)c1. The van der Waals surface area contributed by atoms with Crippen molar-refractivity contribution < 1.29 is 172 Å². The van der Waals surface area contributed by atoms with E-state index in [9.17, 15) is 85.3 Å². The fourth-order valence-electron chi connectivity index (χ4n) is 10.8. The Balaban J connectivity index is 0.000000201. The lowest BCUT2D eigenvalue weighted by Crippen LogP contribution is -2.17. The number of hydrogen-bond donors (Lipinski definition) is 6. The third-order valence-electron chi connectivity index (χ3n) is 17.1. The number of nitrogens with one attached hydrogen (secondary N) is 2. The van der Waals surface area contributed by atoms with Gasteiger partial charge in [-0.05, 0) is 181 Å². The maximum Gasteiger partial charge on any atom is 0.573 e. The maximum atomic E-state index is 12.5. The Morgan fingerprint density at radius 1 is 0.357 bits per heavy atom. The molecular weight excluding hydrogens is 2070 g/mol. The zero-order valence-corrected chi connectivity index (χ0v) is 77.4. The Labute approximate surface area is 827 Å². The predicted molar refractivity (Wildman–Crippen MR) is 479 cm³/mol. The van der Waals surface area contributed by atoms with E-state index in [2.05, 4.69) is 64.8 Å². The number of methoxy groups -OCH3 is 1. The zero-order chi connectivity index (χ0) is 104. The summed E-state index contributed by atoms with van der Waals surface area (Å²) in [7, 11) is 1.57. The lowest BCUT2D eigenvalue weighted by Gasteiger charge is -2.13. The number of carboxylic acids is 1. The van der Waals surface area contributed by atoms with Gasteiger partial charge >= 0.3 is 49.7 Å². The second-order valence-electron chi connectivity index (χ2n) is 27.6. The molecule has 143 heavy (non-hydrogen) atoms. The van der Waals surface area contributed by atoms with Gasteiger partial charge in [0.05, 0.1) is 52.0 Å². The molecule has 0 amide bonds. The minimum Gasteiger partial charge on any atom is -0.508 e. The Kier molecular flexibility index (Phi) is 40.7. The number of benzene rings is 11. The molecule has 0 spiro atoms. The minimum atomic E-state index is -4.78. The van der Waals surface area contributed by atoms with E-state index in [0.29, 0.717) is 33.0 Å². The molecule has 0 unspecified atom stereocenters. The molecule has 0 saturated heterocycles. The number of hydrogen-bond acceptors (Lipinski definition) is 27. The summed E-state index contributed by atoms with van der Waals surface area (Å²) >= 11 is 35.2. The topological polar surface area (TPSA) is 384 Å². The van der Waals surface area contributed by atoms with Crippen LogP contribution in [0.4, 0.5) is 65.9 Å². The number of alkyl halides is 16. The summed E-state index contributed by atoms with van der Waals surface area (Å²) in [6, 6.07) is 55.2. The molecule has 0 atom stereocenters. The Bertz CT molecular complexity index is 6460.